The summed E-state index contributed by atoms with van der Waals surface area (Å²) in [5.74, 6) is 2.03. The van der Waals surface area contributed by atoms with E-state index in [1.54, 1.807) is 4.90 Å². The lowest BCUT2D eigenvalue weighted by molar-refractivity contribution is -0.142. The molecule has 31 heavy (non-hydrogen) atoms. The van der Waals surface area contributed by atoms with E-state index in [0.717, 1.165) is 44.1 Å². The summed E-state index contributed by atoms with van der Waals surface area (Å²) in [6.07, 6.45) is 6.66. The minimum absolute atomic E-state index is 0.102. The molecular formula is C24H30N4O3. The number of benzene rings is 1. The SMILES string of the molecule is CN(CCc1noc(C2CN(C(=O)C3(c4ccccc4)CCCC3)C2)n1)C(=O)C1CC1. The van der Waals surface area contributed by atoms with Crippen LogP contribution in [0.2, 0.25) is 0 Å². The molecule has 0 radical (unpaired) electrons. The van der Waals surface area contributed by atoms with Crippen molar-refractivity contribution in [2.45, 2.75) is 56.3 Å². The van der Waals surface area contributed by atoms with Gasteiger partial charge in [-0.15, -0.1) is 0 Å². The van der Waals surface area contributed by atoms with Crippen molar-refractivity contribution < 1.29 is 14.1 Å². The Bertz CT molecular complexity index is 941. The number of hydrogen-bond acceptors (Lipinski definition) is 5. The fourth-order valence-electron chi connectivity index (χ4n) is 5.02. The minimum atomic E-state index is -0.370. The molecule has 0 bridgehead atoms. The van der Waals surface area contributed by atoms with Crippen molar-refractivity contribution >= 4 is 11.8 Å². The Morgan fingerprint density at radius 3 is 2.55 bits per heavy atom. The van der Waals surface area contributed by atoms with Crippen molar-refractivity contribution in [3.8, 4) is 0 Å². The van der Waals surface area contributed by atoms with Gasteiger partial charge >= 0.3 is 0 Å². The Labute approximate surface area is 182 Å². The van der Waals surface area contributed by atoms with Crippen molar-refractivity contribution in [1.82, 2.24) is 19.9 Å². The van der Waals surface area contributed by atoms with Crippen LogP contribution in [0.5, 0.6) is 0 Å². The maximum absolute atomic E-state index is 13.5. The molecule has 0 spiro atoms. The van der Waals surface area contributed by atoms with Crippen molar-refractivity contribution in [3.63, 3.8) is 0 Å². The molecule has 1 saturated heterocycles. The number of carbonyl (C=O) groups excluding carboxylic acids is 2. The summed E-state index contributed by atoms with van der Waals surface area (Å²) in [5.41, 5.74) is 0.774. The Hall–Kier alpha value is -2.70. The molecule has 2 aliphatic carbocycles. The fraction of sp³-hybridized carbons (Fsp3) is 0.583. The number of amides is 2. The van der Waals surface area contributed by atoms with E-state index < -0.39 is 0 Å². The molecule has 0 N–H and O–H groups in total. The van der Waals surface area contributed by atoms with Gasteiger partial charge in [0.1, 0.15) is 0 Å². The topological polar surface area (TPSA) is 79.5 Å². The Kier molecular flexibility index (Phi) is 5.28. The second kappa shape index (κ2) is 8.09. The van der Waals surface area contributed by atoms with Gasteiger partial charge in [0.2, 0.25) is 17.7 Å². The van der Waals surface area contributed by atoms with Crippen LogP contribution in [0.4, 0.5) is 0 Å². The first-order valence-electron chi connectivity index (χ1n) is 11.5. The van der Waals surface area contributed by atoms with Gasteiger partial charge in [0.05, 0.1) is 11.3 Å². The molecule has 7 heteroatoms. The largest absolute Gasteiger partial charge is 0.345 e. The molecule has 5 rings (SSSR count). The molecule has 7 nitrogen and oxygen atoms in total. The predicted molar refractivity (Wildman–Crippen MR) is 114 cm³/mol. The van der Waals surface area contributed by atoms with Gasteiger partial charge < -0.3 is 14.3 Å². The lowest BCUT2D eigenvalue weighted by Crippen LogP contribution is -2.55. The van der Waals surface area contributed by atoms with E-state index in [0.29, 0.717) is 37.8 Å². The highest BCUT2D eigenvalue weighted by Crippen LogP contribution is 2.44. The summed E-state index contributed by atoms with van der Waals surface area (Å²) in [7, 11) is 1.84. The van der Waals surface area contributed by atoms with Gasteiger partial charge in [0.25, 0.3) is 0 Å². The quantitative estimate of drug-likeness (QED) is 0.685. The Morgan fingerprint density at radius 2 is 1.87 bits per heavy atom. The second-order valence-corrected chi connectivity index (χ2v) is 9.40. The highest BCUT2D eigenvalue weighted by atomic mass is 16.5. The number of likely N-dealkylation sites (tertiary alicyclic amines) is 1. The number of aromatic nitrogens is 2. The first-order valence-corrected chi connectivity index (χ1v) is 11.5. The summed E-state index contributed by atoms with van der Waals surface area (Å²) in [6.45, 7) is 1.87. The van der Waals surface area contributed by atoms with Gasteiger partial charge in [-0.05, 0) is 31.2 Å². The zero-order valence-corrected chi connectivity index (χ0v) is 18.1. The smallest absolute Gasteiger partial charge is 0.233 e. The Balaban J connectivity index is 1.17. The van der Waals surface area contributed by atoms with Crippen LogP contribution in [0.3, 0.4) is 0 Å². The molecule has 2 amide bonds. The van der Waals surface area contributed by atoms with E-state index >= 15 is 0 Å². The van der Waals surface area contributed by atoms with Crippen molar-refractivity contribution in [2.75, 3.05) is 26.7 Å². The maximum atomic E-state index is 13.5. The van der Waals surface area contributed by atoms with E-state index in [1.807, 2.05) is 30.1 Å². The molecule has 1 aromatic carbocycles. The van der Waals surface area contributed by atoms with Crippen molar-refractivity contribution in [1.29, 1.82) is 0 Å². The molecular weight excluding hydrogens is 392 g/mol. The fourth-order valence-corrected chi connectivity index (χ4v) is 5.02. The molecule has 0 unspecified atom stereocenters. The van der Waals surface area contributed by atoms with E-state index in [2.05, 4.69) is 22.3 Å². The van der Waals surface area contributed by atoms with Crippen molar-refractivity contribution in [2.24, 2.45) is 5.92 Å². The second-order valence-electron chi connectivity index (χ2n) is 9.40. The third kappa shape index (κ3) is 3.86. The van der Waals surface area contributed by atoms with Gasteiger partial charge in [-0.3, -0.25) is 9.59 Å². The summed E-state index contributed by atoms with van der Waals surface area (Å²) in [6, 6.07) is 10.2. The van der Waals surface area contributed by atoms with Crippen LogP contribution >= 0.6 is 0 Å². The molecule has 2 heterocycles. The standard InChI is InChI=1S/C24H30N4O3/c1-27(22(29)17-9-10-17)14-11-20-25-21(31-26-20)18-15-28(16-18)23(30)24(12-5-6-13-24)19-7-3-2-4-8-19/h2-4,7-8,17-18H,5-6,9-16H2,1H3. The number of nitrogens with zero attached hydrogens (tertiary/aromatic N) is 4. The third-order valence-electron chi connectivity index (χ3n) is 7.17. The first kappa shape index (κ1) is 20.2. The average Bonchev–Trinajstić information content (AvgIpc) is 3.30. The van der Waals surface area contributed by atoms with Crippen LogP contribution in [0.25, 0.3) is 0 Å². The van der Waals surface area contributed by atoms with Crippen LogP contribution < -0.4 is 0 Å². The number of likely N-dealkylation sites (N-methyl/N-ethyl adjacent to an activating group) is 1. The van der Waals surface area contributed by atoms with Crippen LogP contribution in [-0.2, 0) is 21.4 Å². The Morgan fingerprint density at radius 1 is 1.16 bits per heavy atom. The predicted octanol–water partition coefficient (Wildman–Crippen LogP) is 2.92. The van der Waals surface area contributed by atoms with Gasteiger partial charge in [-0.25, -0.2) is 0 Å². The van der Waals surface area contributed by atoms with Gasteiger partial charge in [0.15, 0.2) is 5.82 Å². The first-order chi connectivity index (χ1) is 15.1. The van der Waals surface area contributed by atoms with E-state index in [-0.39, 0.29) is 29.1 Å². The van der Waals surface area contributed by atoms with Crippen molar-refractivity contribution in [3.05, 3.63) is 47.6 Å². The minimum Gasteiger partial charge on any atom is -0.345 e. The van der Waals surface area contributed by atoms with Crippen LogP contribution in [0.15, 0.2) is 34.9 Å². The molecule has 0 atom stereocenters. The molecule has 1 aliphatic heterocycles. The third-order valence-corrected chi connectivity index (χ3v) is 7.17. The monoisotopic (exact) mass is 422 g/mol. The summed E-state index contributed by atoms with van der Waals surface area (Å²) >= 11 is 0. The molecule has 164 valence electrons. The molecule has 2 aromatic rings. The zero-order chi connectivity index (χ0) is 21.4. The normalized spacial score (nSPS) is 20.5. The van der Waals surface area contributed by atoms with Gasteiger partial charge in [-0.1, -0.05) is 48.3 Å². The van der Waals surface area contributed by atoms with E-state index in [9.17, 15) is 9.59 Å². The van der Waals surface area contributed by atoms with Crippen LogP contribution in [0.1, 0.15) is 61.7 Å². The summed E-state index contributed by atoms with van der Waals surface area (Å²) < 4.78 is 5.48. The molecule has 2 saturated carbocycles. The molecule has 1 aromatic heterocycles. The number of carbonyl (C=O) groups is 2. The lowest BCUT2D eigenvalue weighted by Gasteiger charge is -2.43. The van der Waals surface area contributed by atoms with Gasteiger partial charge in [-0.2, -0.15) is 4.98 Å². The van der Waals surface area contributed by atoms with Crippen LogP contribution in [-0.4, -0.2) is 58.4 Å². The highest BCUT2D eigenvalue weighted by Gasteiger charge is 2.48. The number of hydrogen-bond donors (Lipinski definition) is 0. The summed E-state index contributed by atoms with van der Waals surface area (Å²) in [5, 5.41) is 4.09. The highest BCUT2D eigenvalue weighted by molar-refractivity contribution is 5.89. The van der Waals surface area contributed by atoms with E-state index in [1.165, 1.54) is 0 Å². The number of rotatable bonds is 7. The molecule has 3 aliphatic rings. The average molecular weight is 423 g/mol. The van der Waals surface area contributed by atoms with Crippen LogP contribution in [0, 0.1) is 5.92 Å². The van der Waals surface area contributed by atoms with E-state index in [4.69, 9.17) is 4.52 Å². The zero-order valence-electron chi connectivity index (χ0n) is 18.1. The van der Waals surface area contributed by atoms with Gasteiger partial charge in [0, 0.05) is 39.0 Å². The lowest BCUT2D eigenvalue weighted by atomic mass is 9.76. The summed E-state index contributed by atoms with van der Waals surface area (Å²) in [4.78, 5) is 33.8. The molecule has 3 fully saturated rings. The maximum Gasteiger partial charge on any atom is 0.233 e.